The lowest BCUT2D eigenvalue weighted by Gasteiger charge is -2.37. The first-order chi connectivity index (χ1) is 20.2. The summed E-state index contributed by atoms with van der Waals surface area (Å²) in [5.41, 5.74) is -0.436. The van der Waals surface area contributed by atoms with Crippen LogP contribution in [0.4, 0.5) is 52.7 Å². The SMILES string of the molecule is CCCCCCCCOc1ccc(OC(=O)c2ccc(OC(F)C(F)(F)C(F)(F)C(F)(F)C(F)(F)C(F)(F)F)c(Cl)c2)cc1. The number of rotatable bonds is 16. The van der Waals surface area contributed by atoms with Gasteiger partial charge in [-0.3, -0.25) is 0 Å². The van der Waals surface area contributed by atoms with Crippen LogP contribution in [0, 0.1) is 0 Å². The fraction of sp³-hybridized carbons (Fsp3) is 0.519. The van der Waals surface area contributed by atoms with Gasteiger partial charge in [0.05, 0.1) is 17.2 Å². The quantitative estimate of drug-likeness (QED) is 0.0769. The van der Waals surface area contributed by atoms with Gasteiger partial charge in [-0.2, -0.15) is 52.7 Å². The van der Waals surface area contributed by atoms with Gasteiger partial charge in [0.25, 0.3) is 0 Å². The van der Waals surface area contributed by atoms with Crippen molar-refractivity contribution in [1.29, 1.82) is 0 Å². The number of halogens is 13. The Hall–Kier alpha value is -3.04. The van der Waals surface area contributed by atoms with Crippen molar-refractivity contribution in [2.45, 2.75) is 81.7 Å². The average Bonchev–Trinajstić information content (AvgIpc) is 2.93. The van der Waals surface area contributed by atoms with Crippen molar-refractivity contribution in [3.8, 4) is 17.2 Å². The highest BCUT2D eigenvalue weighted by Gasteiger charge is 2.88. The molecule has 4 nitrogen and oxygen atoms in total. The van der Waals surface area contributed by atoms with Gasteiger partial charge in [-0.05, 0) is 48.9 Å². The normalized spacial score (nSPS) is 13.9. The van der Waals surface area contributed by atoms with Gasteiger partial charge in [0.1, 0.15) is 17.2 Å². The third-order valence-corrected chi connectivity index (χ3v) is 6.34. The molecule has 2 aromatic rings. The number of carbonyl (C=O) groups excluding carboxylic acids is 1. The van der Waals surface area contributed by atoms with Crippen LogP contribution in [0.5, 0.6) is 17.2 Å². The molecule has 0 saturated carbocycles. The molecule has 0 N–H and O–H groups in total. The standard InChI is InChI=1S/C27H25ClF12O4/c1-2-3-4-5-6-7-14-42-17-9-11-18(12-10-17)43-21(41)16-8-13-20(19(28)15-16)44-22(29)23(30,31)24(32,33)25(34,35)26(36,37)27(38,39)40/h8-13,15,22H,2-7,14H2,1H3. The number of hydrogen-bond acceptors (Lipinski definition) is 4. The smallest absolute Gasteiger partial charge is 0.460 e. The number of hydrogen-bond donors (Lipinski definition) is 0. The van der Waals surface area contributed by atoms with E-state index in [1.807, 2.05) is 0 Å². The molecule has 17 heteroatoms. The summed E-state index contributed by atoms with van der Waals surface area (Å²) in [5, 5.41) is -0.952. The zero-order chi connectivity index (χ0) is 33.6. The molecule has 0 saturated heterocycles. The molecule has 0 amide bonds. The number of alkyl halides is 12. The second kappa shape index (κ2) is 14.4. The third-order valence-electron chi connectivity index (χ3n) is 6.05. The fourth-order valence-corrected chi connectivity index (χ4v) is 3.70. The number of ether oxygens (including phenoxy) is 3. The molecule has 0 spiro atoms. The van der Waals surface area contributed by atoms with E-state index in [4.69, 9.17) is 21.1 Å². The molecular weight excluding hydrogens is 652 g/mol. The summed E-state index contributed by atoms with van der Waals surface area (Å²) < 4.78 is 173. The molecule has 0 heterocycles. The summed E-state index contributed by atoms with van der Waals surface area (Å²) in [5.74, 6) is -32.0. The highest BCUT2D eigenvalue weighted by atomic mass is 35.5. The number of unbranched alkanes of at least 4 members (excludes halogenated alkanes) is 5. The minimum Gasteiger partial charge on any atom is -0.494 e. The number of carbonyl (C=O) groups is 1. The van der Waals surface area contributed by atoms with Crippen molar-refractivity contribution in [2.24, 2.45) is 0 Å². The van der Waals surface area contributed by atoms with Gasteiger partial charge in [-0.15, -0.1) is 0 Å². The van der Waals surface area contributed by atoms with Gasteiger partial charge < -0.3 is 14.2 Å². The molecule has 44 heavy (non-hydrogen) atoms. The van der Waals surface area contributed by atoms with E-state index in [9.17, 15) is 57.5 Å². The van der Waals surface area contributed by atoms with E-state index in [1.165, 1.54) is 24.3 Å². The summed E-state index contributed by atoms with van der Waals surface area (Å²) in [6.07, 6.45) is -5.96. The fourth-order valence-electron chi connectivity index (χ4n) is 3.48. The second-order valence-corrected chi connectivity index (χ2v) is 9.81. The van der Waals surface area contributed by atoms with Crippen LogP contribution in [-0.2, 0) is 0 Å². The van der Waals surface area contributed by atoms with Crippen LogP contribution < -0.4 is 14.2 Å². The minimum atomic E-state index is -7.81. The Morgan fingerprint density at radius 2 is 1.30 bits per heavy atom. The Balaban J connectivity index is 2.05. The van der Waals surface area contributed by atoms with Crippen molar-refractivity contribution >= 4 is 17.6 Å². The zero-order valence-corrected chi connectivity index (χ0v) is 23.4. The highest BCUT2D eigenvalue weighted by Crippen LogP contribution is 2.58. The van der Waals surface area contributed by atoms with E-state index >= 15 is 0 Å². The van der Waals surface area contributed by atoms with E-state index in [1.54, 1.807) is 0 Å². The summed E-state index contributed by atoms with van der Waals surface area (Å²) in [4.78, 5) is 12.4. The molecule has 248 valence electrons. The van der Waals surface area contributed by atoms with Crippen LogP contribution >= 0.6 is 11.6 Å². The summed E-state index contributed by atoms with van der Waals surface area (Å²) in [7, 11) is 0. The maximum atomic E-state index is 14.0. The van der Waals surface area contributed by atoms with Crippen LogP contribution in [0.15, 0.2) is 42.5 Å². The van der Waals surface area contributed by atoms with Crippen LogP contribution in [0.3, 0.4) is 0 Å². The van der Waals surface area contributed by atoms with E-state index in [0.29, 0.717) is 30.6 Å². The van der Waals surface area contributed by atoms with E-state index < -0.39 is 58.5 Å². The predicted molar refractivity (Wildman–Crippen MR) is 133 cm³/mol. The summed E-state index contributed by atoms with van der Waals surface area (Å²) >= 11 is 5.66. The molecule has 0 bridgehead atoms. The Labute approximate surface area is 248 Å². The largest absolute Gasteiger partial charge is 0.494 e. The number of esters is 1. The molecule has 0 aliphatic heterocycles. The van der Waals surface area contributed by atoms with Crippen molar-refractivity contribution in [2.75, 3.05) is 6.61 Å². The average molecular weight is 677 g/mol. The molecule has 0 radical (unpaired) electrons. The Kier molecular flexibility index (Phi) is 12.1. The Morgan fingerprint density at radius 3 is 1.84 bits per heavy atom. The molecule has 2 rings (SSSR count). The zero-order valence-electron chi connectivity index (χ0n) is 22.6. The first kappa shape index (κ1) is 37.1. The maximum Gasteiger partial charge on any atom is 0.460 e. The van der Waals surface area contributed by atoms with E-state index in [2.05, 4.69) is 11.7 Å². The van der Waals surface area contributed by atoms with Crippen LogP contribution in [0.2, 0.25) is 5.02 Å². The monoisotopic (exact) mass is 676 g/mol. The van der Waals surface area contributed by atoms with E-state index in [-0.39, 0.29) is 5.75 Å². The lowest BCUT2D eigenvalue weighted by atomic mass is 9.98. The minimum absolute atomic E-state index is 0.000599. The molecule has 0 fully saturated rings. The lowest BCUT2D eigenvalue weighted by Crippen LogP contribution is -2.68. The summed E-state index contributed by atoms with van der Waals surface area (Å²) in [6, 6.07) is 7.44. The van der Waals surface area contributed by atoms with Gasteiger partial charge in [-0.25, -0.2) is 4.79 Å². The Bertz CT molecular complexity index is 1240. The van der Waals surface area contributed by atoms with Crippen molar-refractivity contribution in [3.05, 3.63) is 53.1 Å². The molecule has 1 unspecified atom stereocenters. The van der Waals surface area contributed by atoms with Crippen molar-refractivity contribution < 1.29 is 71.7 Å². The van der Waals surface area contributed by atoms with Gasteiger partial charge in [-0.1, -0.05) is 50.6 Å². The van der Waals surface area contributed by atoms with Crippen LogP contribution in [0.1, 0.15) is 55.8 Å². The van der Waals surface area contributed by atoms with Gasteiger partial charge in [0.2, 0.25) is 0 Å². The lowest BCUT2D eigenvalue weighted by molar-refractivity contribution is -0.432. The maximum absolute atomic E-state index is 14.0. The van der Waals surface area contributed by atoms with Crippen LogP contribution in [-0.4, -0.2) is 48.8 Å². The molecule has 0 aliphatic carbocycles. The first-order valence-electron chi connectivity index (χ1n) is 12.8. The molecule has 0 aliphatic rings. The predicted octanol–water partition coefficient (Wildman–Crippen LogP) is 10.1. The first-order valence-corrected chi connectivity index (χ1v) is 13.2. The van der Waals surface area contributed by atoms with E-state index in [0.717, 1.165) is 38.5 Å². The molecular formula is C27H25ClF12O4. The van der Waals surface area contributed by atoms with Crippen molar-refractivity contribution in [3.63, 3.8) is 0 Å². The topological polar surface area (TPSA) is 44.8 Å². The van der Waals surface area contributed by atoms with Gasteiger partial charge in [0.15, 0.2) is 0 Å². The third kappa shape index (κ3) is 8.16. The molecule has 2 aromatic carbocycles. The second-order valence-electron chi connectivity index (χ2n) is 9.40. The Morgan fingerprint density at radius 1 is 0.750 bits per heavy atom. The summed E-state index contributed by atoms with van der Waals surface area (Å²) in [6.45, 7) is 2.57. The van der Waals surface area contributed by atoms with Gasteiger partial charge in [0, 0.05) is 0 Å². The number of benzene rings is 2. The molecule has 1 atom stereocenters. The van der Waals surface area contributed by atoms with Gasteiger partial charge >= 0.3 is 42.2 Å². The van der Waals surface area contributed by atoms with Crippen molar-refractivity contribution in [1.82, 2.24) is 0 Å². The molecule has 0 aromatic heterocycles. The van der Waals surface area contributed by atoms with Crippen LogP contribution in [0.25, 0.3) is 0 Å². The highest BCUT2D eigenvalue weighted by molar-refractivity contribution is 6.32.